The van der Waals surface area contributed by atoms with Crippen molar-refractivity contribution < 1.29 is 15.0 Å². The molecule has 0 aliphatic heterocycles. The molecule has 0 spiro atoms. The molecule has 12 nitrogen and oxygen atoms in total. The zero-order valence-corrected chi connectivity index (χ0v) is 17.9. The molecule has 0 aromatic carbocycles. The highest BCUT2D eigenvalue weighted by atomic mass is 16.3. The monoisotopic (exact) mass is 447 g/mol. The summed E-state index contributed by atoms with van der Waals surface area (Å²) < 4.78 is 3.17. The van der Waals surface area contributed by atoms with Crippen molar-refractivity contribution in [3.05, 3.63) is 36.9 Å². The number of nitrogens with zero attached hydrogens (tertiary/aromatic N) is 8. The first-order chi connectivity index (χ1) is 16.0. The Labute approximate surface area is 187 Å². The first-order valence-electron chi connectivity index (χ1n) is 10.6. The summed E-state index contributed by atoms with van der Waals surface area (Å²) in [5.74, 6) is 0.438. The normalized spacial score (nSPS) is 28.1. The van der Waals surface area contributed by atoms with Crippen LogP contribution < -0.4 is 5.32 Å². The number of hydrogen-bond acceptors (Lipinski definition) is 10. The lowest BCUT2D eigenvalue weighted by atomic mass is 9.95. The second-order valence-corrected chi connectivity index (χ2v) is 8.54. The summed E-state index contributed by atoms with van der Waals surface area (Å²) >= 11 is 0. The third-order valence-corrected chi connectivity index (χ3v) is 6.92. The van der Waals surface area contributed by atoms with Gasteiger partial charge in [0.1, 0.15) is 17.6 Å². The Morgan fingerprint density at radius 3 is 2.76 bits per heavy atom. The van der Waals surface area contributed by atoms with Gasteiger partial charge in [-0.25, -0.2) is 4.98 Å². The van der Waals surface area contributed by atoms with E-state index in [1.807, 2.05) is 18.2 Å². The van der Waals surface area contributed by atoms with Gasteiger partial charge in [0.25, 0.3) is 5.95 Å². The molecule has 4 aromatic rings. The topological polar surface area (TPSA) is 157 Å². The van der Waals surface area contributed by atoms with Crippen molar-refractivity contribution in [2.75, 3.05) is 12.4 Å². The van der Waals surface area contributed by atoms with Gasteiger partial charge in [0.05, 0.1) is 35.8 Å². The van der Waals surface area contributed by atoms with Crippen LogP contribution in [0.4, 0.5) is 5.82 Å². The molecular weight excluding hydrogens is 426 g/mol. The van der Waals surface area contributed by atoms with E-state index >= 15 is 0 Å². The number of carbonyl (C=O) groups is 1. The Morgan fingerprint density at radius 2 is 2.06 bits per heavy atom. The summed E-state index contributed by atoms with van der Waals surface area (Å²) in [4.78, 5) is 30.2. The first-order valence-corrected chi connectivity index (χ1v) is 10.6. The summed E-state index contributed by atoms with van der Waals surface area (Å²) in [6.07, 6.45) is 3.22. The van der Waals surface area contributed by atoms with E-state index in [4.69, 9.17) is 0 Å². The minimum atomic E-state index is -1.12. The van der Waals surface area contributed by atoms with Gasteiger partial charge in [0.15, 0.2) is 17.0 Å². The minimum absolute atomic E-state index is 0.109. The van der Waals surface area contributed by atoms with Crippen molar-refractivity contribution in [1.29, 1.82) is 0 Å². The molecule has 3 N–H and O–H groups in total. The van der Waals surface area contributed by atoms with Crippen LogP contribution in [0, 0.1) is 11.3 Å². The van der Waals surface area contributed by atoms with Gasteiger partial charge in [0.2, 0.25) is 0 Å². The highest BCUT2D eigenvalue weighted by Gasteiger charge is 2.74. The number of aromatic nitrogens is 8. The largest absolute Gasteiger partial charge is 0.389 e. The van der Waals surface area contributed by atoms with Crippen LogP contribution in [0.3, 0.4) is 0 Å². The number of carbonyl (C=O) groups excluding carboxylic acids is 1. The van der Waals surface area contributed by atoms with E-state index in [-0.39, 0.29) is 17.6 Å². The standard InChI is InChI=1S/C21H21N9O3/c1-10(31)21-7-11(21)15(16(32)17(21)33)29-9-24-14-18(22-2)25-20(26-19(14)29)30-8-13(27-28-30)12-5-3-4-6-23-12/h3-6,8-9,11,15-17,32-33H,7H2,1-2H3,(H,22,25,26)/t11?,15-,16?,17?,21+/m1/s1. The predicted octanol–water partition coefficient (Wildman–Crippen LogP) is 0.382. The Bertz CT molecular complexity index is 1380. The first kappa shape index (κ1) is 19.9. The fraction of sp³-hybridized carbons (Fsp3) is 0.381. The lowest BCUT2D eigenvalue weighted by molar-refractivity contribution is -0.128. The molecule has 4 heterocycles. The summed E-state index contributed by atoms with van der Waals surface area (Å²) in [5.41, 5.74) is 1.31. The number of hydrogen-bond donors (Lipinski definition) is 3. The number of pyridine rings is 1. The maximum absolute atomic E-state index is 12.2. The van der Waals surface area contributed by atoms with Crippen LogP contribution in [0.15, 0.2) is 36.9 Å². The Hall–Kier alpha value is -3.77. The fourth-order valence-corrected chi connectivity index (χ4v) is 5.16. The molecule has 0 amide bonds. The molecule has 6 rings (SSSR count). The summed E-state index contributed by atoms with van der Waals surface area (Å²) in [6, 6.07) is 4.99. The van der Waals surface area contributed by atoms with E-state index in [1.165, 1.54) is 11.6 Å². The van der Waals surface area contributed by atoms with Crippen LogP contribution in [0.25, 0.3) is 28.5 Å². The maximum Gasteiger partial charge on any atom is 0.256 e. The van der Waals surface area contributed by atoms with Crippen LogP contribution >= 0.6 is 0 Å². The summed E-state index contributed by atoms with van der Waals surface area (Å²) in [5, 5.41) is 32.8. The molecular formula is C21H21N9O3. The maximum atomic E-state index is 12.2. The number of rotatable bonds is 5. The molecule has 168 valence electrons. The molecule has 2 aliphatic rings. The zero-order chi connectivity index (χ0) is 22.9. The minimum Gasteiger partial charge on any atom is -0.389 e. The van der Waals surface area contributed by atoms with E-state index in [0.29, 0.717) is 34.8 Å². The van der Waals surface area contributed by atoms with Crippen molar-refractivity contribution in [3.8, 4) is 17.3 Å². The van der Waals surface area contributed by atoms with E-state index in [0.717, 1.165) is 0 Å². The van der Waals surface area contributed by atoms with Crippen LogP contribution in [-0.4, -0.2) is 74.7 Å². The molecule has 2 saturated carbocycles. The third kappa shape index (κ3) is 2.67. The number of aliphatic hydroxyl groups excluding tert-OH is 2. The molecule has 3 unspecified atom stereocenters. The van der Waals surface area contributed by atoms with Crippen LogP contribution in [0.5, 0.6) is 0 Å². The molecule has 12 heteroatoms. The highest BCUT2D eigenvalue weighted by molar-refractivity contribution is 5.88. The number of nitrogens with one attached hydrogen (secondary N) is 1. The average molecular weight is 447 g/mol. The van der Waals surface area contributed by atoms with Gasteiger partial charge in [-0.05, 0) is 31.4 Å². The van der Waals surface area contributed by atoms with E-state index < -0.39 is 23.7 Å². The van der Waals surface area contributed by atoms with Gasteiger partial charge in [0, 0.05) is 13.2 Å². The fourth-order valence-electron chi connectivity index (χ4n) is 5.16. The van der Waals surface area contributed by atoms with E-state index in [9.17, 15) is 15.0 Å². The van der Waals surface area contributed by atoms with E-state index in [2.05, 4.69) is 35.6 Å². The second-order valence-electron chi connectivity index (χ2n) is 8.54. The van der Waals surface area contributed by atoms with Gasteiger partial charge in [-0.15, -0.1) is 5.10 Å². The summed E-state index contributed by atoms with van der Waals surface area (Å²) in [6.45, 7) is 1.47. The van der Waals surface area contributed by atoms with Gasteiger partial charge < -0.3 is 20.1 Å². The molecule has 0 saturated heterocycles. The third-order valence-electron chi connectivity index (χ3n) is 6.92. The molecule has 4 aromatic heterocycles. The van der Waals surface area contributed by atoms with Crippen LogP contribution in [0.1, 0.15) is 19.4 Å². The van der Waals surface area contributed by atoms with Crippen molar-refractivity contribution in [2.24, 2.45) is 11.3 Å². The second kappa shape index (κ2) is 6.86. The number of fused-ring (bicyclic) bond motifs is 2. The van der Waals surface area contributed by atoms with Crippen molar-refractivity contribution in [3.63, 3.8) is 0 Å². The summed E-state index contributed by atoms with van der Waals surface area (Å²) in [7, 11) is 1.72. The lowest BCUT2D eigenvalue weighted by Gasteiger charge is -2.23. The van der Waals surface area contributed by atoms with Crippen molar-refractivity contribution in [1.82, 2.24) is 39.5 Å². The Kier molecular flexibility index (Phi) is 4.13. The zero-order valence-electron chi connectivity index (χ0n) is 17.9. The van der Waals surface area contributed by atoms with Crippen molar-refractivity contribution >= 4 is 22.8 Å². The molecule has 2 fully saturated rings. The van der Waals surface area contributed by atoms with Crippen molar-refractivity contribution in [2.45, 2.75) is 31.6 Å². The molecule has 33 heavy (non-hydrogen) atoms. The smallest absolute Gasteiger partial charge is 0.256 e. The van der Waals surface area contributed by atoms with E-state index in [1.54, 1.807) is 30.3 Å². The number of Topliss-reactive ketones (excluding diaryl/α,β-unsaturated/α-hetero) is 1. The number of anilines is 1. The Balaban J connectivity index is 1.45. The van der Waals surface area contributed by atoms with Crippen LogP contribution in [-0.2, 0) is 4.79 Å². The SMILES string of the molecule is CNc1nc(-n2cc(-c3ccccn3)nn2)nc2c1ncn2[C@H]1C(O)C(O)[C@]2(C(C)=O)CC12. The molecule has 2 aliphatic carbocycles. The van der Waals surface area contributed by atoms with Crippen LogP contribution in [0.2, 0.25) is 0 Å². The highest BCUT2D eigenvalue weighted by Crippen LogP contribution is 2.68. The average Bonchev–Trinajstić information content (AvgIpc) is 3.10. The molecule has 0 radical (unpaired) electrons. The Morgan fingerprint density at radius 1 is 1.21 bits per heavy atom. The molecule has 0 bridgehead atoms. The molecule has 5 atom stereocenters. The number of imidazole rings is 1. The quantitative estimate of drug-likeness (QED) is 0.391. The predicted molar refractivity (Wildman–Crippen MR) is 115 cm³/mol. The van der Waals surface area contributed by atoms with Gasteiger partial charge in [-0.3, -0.25) is 9.78 Å². The van der Waals surface area contributed by atoms with Gasteiger partial charge in [-0.1, -0.05) is 11.3 Å². The number of ketones is 1. The lowest BCUT2D eigenvalue weighted by Crippen LogP contribution is -2.36. The number of aliphatic hydroxyl groups is 2. The van der Waals surface area contributed by atoms with Gasteiger partial charge >= 0.3 is 0 Å². The van der Waals surface area contributed by atoms with Gasteiger partial charge in [-0.2, -0.15) is 14.6 Å².